The van der Waals surface area contributed by atoms with E-state index < -0.39 is 25.6 Å². The van der Waals surface area contributed by atoms with Gasteiger partial charge >= 0.3 is 52.9 Å². The van der Waals surface area contributed by atoms with Crippen LogP contribution in [0.3, 0.4) is 0 Å². The first-order chi connectivity index (χ1) is 5.73. The molecule has 0 aliphatic carbocycles. The maximum atomic E-state index is 8.56. The number of carboxylic acid groups (broad SMARTS) is 2. The van der Waals surface area contributed by atoms with Gasteiger partial charge in [0.1, 0.15) is 0 Å². The summed E-state index contributed by atoms with van der Waals surface area (Å²) >= 11 is 0. The Bertz CT molecular complexity index is 220. The Hall–Kier alpha value is 0.417. The van der Waals surface area contributed by atoms with E-state index in [9.17, 15) is 0 Å². The van der Waals surface area contributed by atoms with Crippen molar-refractivity contribution in [3.05, 3.63) is 0 Å². The standard InChI is InChI=1S/CH2O3.Ca.H2O4S.H4O4Si.H2O/c2-1(3)4;;2*1-5(2,3)4;/h(H2,2,3,4);;(H2,1,2,3,4);1-4H;1H2/q;+2;;;/p-2. The molecule has 0 rings (SSSR count). The minimum absolute atomic E-state index is 0. The molecule has 12 nitrogen and oxygen atoms in total. The summed E-state index contributed by atoms with van der Waals surface area (Å²) in [5, 5.41) is 13.9. The van der Waals surface area contributed by atoms with Gasteiger partial charge in [-0.05, 0) is 0 Å². The van der Waals surface area contributed by atoms with Crippen LogP contribution in [-0.2, 0) is 10.4 Å². The van der Waals surface area contributed by atoms with Crippen molar-refractivity contribution in [2.75, 3.05) is 0 Å². The molecule has 15 heteroatoms. The van der Waals surface area contributed by atoms with E-state index in [0.29, 0.717) is 0 Å². The van der Waals surface area contributed by atoms with Gasteiger partial charge in [0, 0.05) is 10.4 Å². The molecule has 0 aromatic rings. The van der Waals surface area contributed by atoms with Crippen LogP contribution in [0.15, 0.2) is 0 Å². The van der Waals surface area contributed by atoms with Crippen LogP contribution in [0.1, 0.15) is 0 Å². The molecule has 0 aliphatic heterocycles. The molecule has 0 spiro atoms. The second-order valence-electron chi connectivity index (χ2n) is 1.29. The minimum Gasteiger partial charge on any atom is -0.759 e. The predicted molar refractivity (Wildman–Crippen MR) is 45.1 cm³/mol. The summed E-state index contributed by atoms with van der Waals surface area (Å²) in [6, 6.07) is 0. The maximum absolute atomic E-state index is 8.56. The Morgan fingerprint density at radius 1 is 1.00 bits per heavy atom. The molecule has 16 heavy (non-hydrogen) atoms. The fraction of sp³-hybridized carbons (Fsp3) is 0. The monoisotopic (exact) mass is 312 g/mol. The molecule has 0 heterocycles. The van der Waals surface area contributed by atoms with Crippen LogP contribution >= 0.6 is 0 Å². The van der Waals surface area contributed by atoms with Crippen molar-refractivity contribution in [2.45, 2.75) is 0 Å². The third-order valence-corrected chi connectivity index (χ3v) is 0. The average molecular weight is 312 g/mol. The summed E-state index contributed by atoms with van der Waals surface area (Å²) in [6.45, 7) is 0. The minimum atomic E-state index is -5.17. The smallest absolute Gasteiger partial charge is 0.759 e. The van der Waals surface area contributed by atoms with Crippen LogP contribution in [0.5, 0.6) is 0 Å². The Morgan fingerprint density at radius 3 is 1.00 bits per heavy atom. The second kappa shape index (κ2) is 13.5. The van der Waals surface area contributed by atoms with Crippen LogP contribution < -0.4 is 0 Å². The fourth-order valence-electron chi connectivity index (χ4n) is 0. The van der Waals surface area contributed by atoms with Gasteiger partial charge in [-0.3, -0.25) is 8.42 Å². The third-order valence-electron chi connectivity index (χ3n) is 0. The molecule has 0 fully saturated rings. The summed E-state index contributed by atoms with van der Waals surface area (Å²) < 4.78 is 34.1. The summed E-state index contributed by atoms with van der Waals surface area (Å²) in [7, 11) is -9.78. The van der Waals surface area contributed by atoms with Gasteiger partial charge in [-0.1, -0.05) is 0 Å². The SMILES string of the molecule is O.O=C(O)O.O=S(=O)([O-])[O-].O[Si](O)(O)O.[Ca+2]. The van der Waals surface area contributed by atoms with E-state index in [4.69, 9.17) is 51.7 Å². The zero-order valence-electron chi connectivity index (χ0n) is 7.34. The molecule has 0 atom stereocenters. The van der Waals surface area contributed by atoms with E-state index in [1.54, 1.807) is 0 Å². The van der Waals surface area contributed by atoms with Crippen molar-refractivity contribution in [1.82, 2.24) is 0 Å². The first-order valence-corrected chi connectivity index (χ1v) is 5.33. The predicted octanol–water partition coefficient (Wildman–Crippen LogP) is -4.93. The van der Waals surface area contributed by atoms with Crippen molar-refractivity contribution < 1.29 is 57.2 Å². The van der Waals surface area contributed by atoms with Crippen LogP contribution in [-0.4, -0.2) is 105 Å². The number of hydrogen-bond donors (Lipinski definition) is 6. The molecule has 0 bridgehead atoms. The molecule has 96 valence electrons. The second-order valence-corrected chi connectivity index (χ2v) is 3.31. The van der Waals surface area contributed by atoms with Crippen LogP contribution in [0.25, 0.3) is 0 Å². The van der Waals surface area contributed by atoms with E-state index in [1.165, 1.54) is 0 Å². The molecule has 0 aliphatic rings. The summed E-state index contributed by atoms with van der Waals surface area (Å²) in [5.74, 6) is 0. The van der Waals surface area contributed by atoms with Gasteiger partial charge in [-0.15, -0.1) is 0 Å². The molecular weight excluding hydrogens is 304 g/mol. The Labute approximate surface area is 120 Å². The van der Waals surface area contributed by atoms with Crippen LogP contribution in [0.4, 0.5) is 4.79 Å². The van der Waals surface area contributed by atoms with Gasteiger partial charge in [0.05, 0.1) is 0 Å². The molecule has 0 unspecified atom stereocenters. The zero-order chi connectivity index (χ0) is 12.6. The van der Waals surface area contributed by atoms with Crippen molar-refractivity contribution in [3.8, 4) is 0 Å². The molecule has 8 N–H and O–H groups in total. The third kappa shape index (κ3) is 15000. The largest absolute Gasteiger partial charge is 2.00 e. The fourth-order valence-corrected chi connectivity index (χ4v) is 0. The molecule has 0 radical (unpaired) electrons. The maximum Gasteiger partial charge on any atom is 2.00 e. The van der Waals surface area contributed by atoms with Crippen molar-refractivity contribution in [3.63, 3.8) is 0 Å². The number of carbonyl (C=O) groups is 1. The Balaban J connectivity index is -0.0000000358. The average Bonchev–Trinajstić information content (AvgIpc) is 1.45. The summed E-state index contributed by atoms with van der Waals surface area (Å²) in [5.41, 5.74) is 0. The summed E-state index contributed by atoms with van der Waals surface area (Å²) in [6.07, 6.45) is -1.83. The molecule has 0 saturated carbocycles. The van der Waals surface area contributed by atoms with E-state index in [0.717, 1.165) is 0 Å². The van der Waals surface area contributed by atoms with Gasteiger partial charge in [-0.2, -0.15) is 0 Å². The van der Waals surface area contributed by atoms with Crippen molar-refractivity contribution >= 4 is 63.3 Å². The quantitative estimate of drug-likeness (QED) is 0.140. The summed E-state index contributed by atoms with van der Waals surface area (Å²) in [4.78, 5) is 37.9. The molecule has 0 aromatic carbocycles. The van der Waals surface area contributed by atoms with Gasteiger partial charge < -0.3 is 44.0 Å². The first kappa shape index (κ1) is 29.9. The Morgan fingerprint density at radius 2 is 1.00 bits per heavy atom. The van der Waals surface area contributed by atoms with Crippen molar-refractivity contribution in [1.29, 1.82) is 0 Å². The van der Waals surface area contributed by atoms with E-state index in [-0.39, 0.29) is 43.2 Å². The van der Waals surface area contributed by atoms with Crippen LogP contribution in [0.2, 0.25) is 0 Å². The molecule has 0 saturated heterocycles. The van der Waals surface area contributed by atoms with Crippen molar-refractivity contribution in [2.24, 2.45) is 0 Å². The van der Waals surface area contributed by atoms with Gasteiger partial charge in [0.15, 0.2) is 0 Å². The van der Waals surface area contributed by atoms with Gasteiger partial charge in [0.2, 0.25) is 0 Å². The number of rotatable bonds is 0. The molecule has 0 aromatic heterocycles. The zero-order valence-corrected chi connectivity index (χ0v) is 11.4. The van der Waals surface area contributed by atoms with E-state index in [1.807, 2.05) is 0 Å². The number of hydrogen-bond acceptors (Lipinski definition) is 9. The normalized spacial score (nSPS) is 8.88. The van der Waals surface area contributed by atoms with E-state index >= 15 is 0 Å². The topological polar surface area (TPSA) is 250 Å². The van der Waals surface area contributed by atoms with Gasteiger partial charge in [0.25, 0.3) is 0 Å². The molecule has 0 amide bonds. The first-order valence-electron chi connectivity index (χ1n) is 2.21. The Kier molecular flexibility index (Phi) is 25.2. The van der Waals surface area contributed by atoms with E-state index in [2.05, 4.69) is 0 Å². The van der Waals surface area contributed by atoms with Gasteiger partial charge in [-0.25, -0.2) is 4.79 Å². The molecular formula is CH8CaO12SSi. The van der Waals surface area contributed by atoms with Crippen LogP contribution in [0, 0.1) is 0 Å².